The van der Waals surface area contributed by atoms with Gasteiger partial charge in [-0.25, -0.2) is 9.48 Å². The number of aromatic nitrogens is 2. The molecule has 2 aromatic carbocycles. The van der Waals surface area contributed by atoms with Crippen molar-refractivity contribution in [2.45, 2.75) is 40.2 Å². The lowest BCUT2D eigenvalue weighted by Crippen LogP contribution is -2.17. The SMILES string of the molecule is CCOC(=O)c1cnn(-c2ccccc2)c1NC(=O)c1ccc(COc2cc(C)ccc2C(C)C)o1. The number of aryl methyl sites for hydroxylation is 1. The number of furan rings is 1. The lowest BCUT2D eigenvalue weighted by molar-refractivity contribution is 0.0527. The van der Waals surface area contributed by atoms with Crippen molar-refractivity contribution in [3.05, 3.63) is 95.1 Å². The molecule has 2 aromatic heterocycles. The van der Waals surface area contributed by atoms with Crippen LogP contribution in [0.1, 0.15) is 64.5 Å². The fraction of sp³-hybridized carbons (Fsp3) is 0.250. The van der Waals surface area contributed by atoms with Gasteiger partial charge in [0, 0.05) is 0 Å². The minimum absolute atomic E-state index is 0.0811. The van der Waals surface area contributed by atoms with E-state index in [1.54, 1.807) is 19.1 Å². The van der Waals surface area contributed by atoms with Crippen LogP contribution in [0.2, 0.25) is 0 Å². The molecule has 0 atom stereocenters. The Kier molecular flexibility index (Phi) is 7.53. The van der Waals surface area contributed by atoms with Crippen LogP contribution in [0.15, 0.2) is 71.3 Å². The second-order valence-electron chi connectivity index (χ2n) is 8.58. The Bertz CT molecular complexity index is 1350. The van der Waals surface area contributed by atoms with E-state index in [9.17, 15) is 9.59 Å². The number of nitrogens with one attached hydrogen (secondary N) is 1. The zero-order valence-electron chi connectivity index (χ0n) is 20.8. The van der Waals surface area contributed by atoms with Crippen LogP contribution < -0.4 is 10.1 Å². The van der Waals surface area contributed by atoms with Crippen LogP contribution in [-0.4, -0.2) is 28.3 Å². The van der Waals surface area contributed by atoms with Crippen molar-refractivity contribution in [3.63, 3.8) is 0 Å². The number of carbonyl (C=O) groups is 2. The van der Waals surface area contributed by atoms with E-state index in [1.807, 2.05) is 43.3 Å². The minimum Gasteiger partial charge on any atom is -0.485 e. The average molecular weight is 488 g/mol. The third kappa shape index (κ3) is 5.49. The first-order chi connectivity index (χ1) is 17.4. The van der Waals surface area contributed by atoms with Gasteiger partial charge in [-0.05, 0) is 61.2 Å². The highest BCUT2D eigenvalue weighted by Gasteiger charge is 2.23. The van der Waals surface area contributed by atoms with Crippen LogP contribution in [0.25, 0.3) is 5.69 Å². The van der Waals surface area contributed by atoms with Crippen LogP contribution in [-0.2, 0) is 11.3 Å². The molecular formula is C28H29N3O5. The van der Waals surface area contributed by atoms with E-state index in [4.69, 9.17) is 13.9 Å². The summed E-state index contributed by atoms with van der Waals surface area (Å²) in [6.07, 6.45) is 1.37. The predicted octanol–water partition coefficient (Wildman–Crippen LogP) is 5.91. The first kappa shape index (κ1) is 24.8. The molecule has 36 heavy (non-hydrogen) atoms. The fourth-order valence-electron chi connectivity index (χ4n) is 3.73. The summed E-state index contributed by atoms with van der Waals surface area (Å²) in [4.78, 5) is 25.5. The smallest absolute Gasteiger partial charge is 0.343 e. The largest absolute Gasteiger partial charge is 0.485 e. The van der Waals surface area contributed by atoms with Crippen molar-refractivity contribution < 1.29 is 23.5 Å². The highest BCUT2D eigenvalue weighted by molar-refractivity contribution is 6.06. The lowest BCUT2D eigenvalue weighted by Gasteiger charge is -2.14. The molecule has 1 amide bonds. The van der Waals surface area contributed by atoms with Crippen LogP contribution >= 0.6 is 0 Å². The maximum Gasteiger partial charge on any atom is 0.343 e. The van der Waals surface area contributed by atoms with Crippen molar-refractivity contribution in [2.24, 2.45) is 0 Å². The van der Waals surface area contributed by atoms with E-state index in [0.29, 0.717) is 17.4 Å². The number of carbonyl (C=O) groups excluding carboxylic acids is 2. The van der Waals surface area contributed by atoms with E-state index in [-0.39, 0.29) is 30.4 Å². The summed E-state index contributed by atoms with van der Waals surface area (Å²) in [7, 11) is 0. The van der Waals surface area contributed by atoms with Gasteiger partial charge in [-0.1, -0.05) is 44.2 Å². The Morgan fingerprint density at radius 3 is 2.58 bits per heavy atom. The monoisotopic (exact) mass is 487 g/mol. The zero-order chi connectivity index (χ0) is 25.7. The van der Waals surface area contributed by atoms with Crippen molar-refractivity contribution >= 4 is 17.7 Å². The van der Waals surface area contributed by atoms with Gasteiger partial charge >= 0.3 is 5.97 Å². The van der Waals surface area contributed by atoms with Crippen molar-refractivity contribution in [3.8, 4) is 11.4 Å². The van der Waals surface area contributed by atoms with E-state index in [2.05, 4.69) is 36.4 Å². The van der Waals surface area contributed by atoms with Gasteiger partial charge in [-0.2, -0.15) is 5.10 Å². The van der Waals surface area contributed by atoms with Crippen LogP contribution in [0.3, 0.4) is 0 Å². The fourth-order valence-corrected chi connectivity index (χ4v) is 3.73. The van der Waals surface area contributed by atoms with Crippen LogP contribution in [0, 0.1) is 6.92 Å². The van der Waals surface area contributed by atoms with Crippen molar-refractivity contribution in [1.29, 1.82) is 0 Å². The second kappa shape index (κ2) is 10.9. The summed E-state index contributed by atoms with van der Waals surface area (Å²) in [6, 6.07) is 18.6. The average Bonchev–Trinajstić information content (AvgIpc) is 3.51. The minimum atomic E-state index is -0.581. The van der Waals surface area contributed by atoms with Gasteiger partial charge in [0.15, 0.2) is 11.6 Å². The van der Waals surface area contributed by atoms with Crippen LogP contribution in [0.5, 0.6) is 5.75 Å². The molecule has 0 aliphatic carbocycles. The first-order valence-corrected chi connectivity index (χ1v) is 11.8. The molecule has 0 radical (unpaired) electrons. The molecule has 186 valence electrons. The number of esters is 1. The highest BCUT2D eigenvalue weighted by atomic mass is 16.5. The number of nitrogens with zero attached hydrogens (tertiary/aromatic N) is 2. The van der Waals surface area contributed by atoms with Crippen molar-refractivity contribution in [2.75, 3.05) is 11.9 Å². The van der Waals surface area contributed by atoms with Gasteiger partial charge in [0.25, 0.3) is 5.91 Å². The maximum atomic E-state index is 13.1. The summed E-state index contributed by atoms with van der Waals surface area (Å²) in [5, 5.41) is 7.04. The number of amides is 1. The molecule has 0 fully saturated rings. The van der Waals surface area contributed by atoms with E-state index >= 15 is 0 Å². The molecule has 0 saturated heterocycles. The molecule has 0 aliphatic heterocycles. The molecule has 4 aromatic rings. The van der Waals surface area contributed by atoms with Gasteiger partial charge in [0.05, 0.1) is 18.5 Å². The molecule has 0 saturated carbocycles. The Labute approximate surface area is 209 Å². The van der Waals surface area contributed by atoms with Crippen LogP contribution in [0.4, 0.5) is 5.82 Å². The van der Waals surface area contributed by atoms with Gasteiger partial charge in [-0.3, -0.25) is 4.79 Å². The Hall–Kier alpha value is -4.33. The molecule has 0 spiro atoms. The summed E-state index contributed by atoms with van der Waals surface area (Å²) >= 11 is 0. The Balaban J connectivity index is 1.53. The first-order valence-electron chi connectivity index (χ1n) is 11.8. The van der Waals surface area contributed by atoms with E-state index < -0.39 is 11.9 Å². The lowest BCUT2D eigenvalue weighted by atomic mass is 10.0. The summed E-state index contributed by atoms with van der Waals surface area (Å²) in [6.45, 7) is 8.31. The number of hydrogen-bond donors (Lipinski definition) is 1. The van der Waals surface area contributed by atoms with E-state index in [0.717, 1.165) is 16.9 Å². The standard InChI is InChI=1S/C28H29N3O5/c1-5-34-28(33)23-16-29-31(20-9-7-6-8-10-20)26(23)30-27(32)24-14-12-21(36-24)17-35-25-15-19(4)11-13-22(25)18(2)3/h6-16,18H,5,17H2,1-4H3,(H,30,32). The molecule has 1 N–H and O–H groups in total. The topological polar surface area (TPSA) is 95.6 Å². The van der Waals surface area contributed by atoms with Gasteiger partial charge in [0.1, 0.15) is 23.7 Å². The molecule has 0 aliphatic rings. The molecule has 2 heterocycles. The number of hydrogen-bond acceptors (Lipinski definition) is 6. The van der Waals surface area contributed by atoms with E-state index in [1.165, 1.54) is 10.9 Å². The van der Waals surface area contributed by atoms with Gasteiger partial charge in [-0.15, -0.1) is 0 Å². The summed E-state index contributed by atoms with van der Waals surface area (Å²) < 4.78 is 18.4. The highest BCUT2D eigenvalue weighted by Crippen LogP contribution is 2.28. The number of benzene rings is 2. The zero-order valence-corrected chi connectivity index (χ0v) is 20.8. The second-order valence-corrected chi connectivity index (χ2v) is 8.58. The number of ether oxygens (including phenoxy) is 2. The third-order valence-corrected chi connectivity index (χ3v) is 5.54. The molecule has 0 unspecified atom stereocenters. The predicted molar refractivity (Wildman–Crippen MR) is 136 cm³/mol. The number of anilines is 1. The summed E-state index contributed by atoms with van der Waals surface area (Å²) in [5.41, 5.74) is 3.02. The Morgan fingerprint density at radius 2 is 1.86 bits per heavy atom. The summed E-state index contributed by atoms with van der Waals surface area (Å²) in [5.74, 6) is 0.765. The Morgan fingerprint density at radius 1 is 1.08 bits per heavy atom. The quantitative estimate of drug-likeness (QED) is 0.295. The van der Waals surface area contributed by atoms with Gasteiger partial charge < -0.3 is 19.2 Å². The number of rotatable bonds is 9. The number of para-hydroxylation sites is 1. The molecule has 4 rings (SSSR count). The van der Waals surface area contributed by atoms with Crippen molar-refractivity contribution in [1.82, 2.24) is 9.78 Å². The maximum absolute atomic E-state index is 13.1. The molecular weight excluding hydrogens is 458 g/mol. The normalized spacial score (nSPS) is 10.9. The molecule has 8 nitrogen and oxygen atoms in total. The third-order valence-electron chi connectivity index (χ3n) is 5.54. The molecule has 0 bridgehead atoms. The van der Waals surface area contributed by atoms with Gasteiger partial charge in [0.2, 0.25) is 0 Å². The molecule has 8 heteroatoms.